The fraction of sp³-hybridized carbons (Fsp3) is 0.833. The Kier molecular flexibility index (Phi) is 6.47. The lowest BCUT2D eigenvalue weighted by Gasteiger charge is -2.43. The molecular formula is C12H31NSi3. The Morgan fingerprint density at radius 3 is 1.56 bits per heavy atom. The van der Waals surface area contributed by atoms with Crippen molar-refractivity contribution in [3.8, 4) is 0 Å². The topological polar surface area (TPSA) is 3.24 Å². The first-order valence-electron chi connectivity index (χ1n) is 6.58. The largest absolute Gasteiger partial charge is 0.370 e. The van der Waals surface area contributed by atoms with Crippen LogP contribution in [-0.2, 0) is 0 Å². The highest BCUT2D eigenvalue weighted by molar-refractivity contribution is 6.96. The minimum absolute atomic E-state index is 0.158. The van der Waals surface area contributed by atoms with Crippen LogP contribution in [0.2, 0.25) is 39.3 Å². The molecule has 0 bridgehead atoms. The van der Waals surface area contributed by atoms with Gasteiger partial charge in [0.15, 0.2) is 0 Å². The van der Waals surface area contributed by atoms with E-state index in [9.17, 15) is 0 Å². The molecule has 0 aromatic carbocycles. The lowest BCUT2D eigenvalue weighted by molar-refractivity contribution is 0.946. The molecule has 96 valence electrons. The van der Waals surface area contributed by atoms with E-state index in [1.165, 1.54) is 12.8 Å². The van der Waals surface area contributed by atoms with Crippen LogP contribution in [-0.4, -0.2) is 30.0 Å². The van der Waals surface area contributed by atoms with Gasteiger partial charge in [-0.1, -0.05) is 64.4 Å². The lowest BCUT2D eigenvalue weighted by Crippen LogP contribution is -2.60. The van der Waals surface area contributed by atoms with E-state index < -0.39 is 16.5 Å². The van der Waals surface area contributed by atoms with Crippen molar-refractivity contribution >= 4 is 26.2 Å². The molecular weight excluding hydrogens is 242 g/mol. The number of hydrogen-bond donors (Lipinski definition) is 0. The molecule has 0 N–H and O–H groups in total. The van der Waals surface area contributed by atoms with Crippen LogP contribution in [0.15, 0.2) is 11.3 Å². The number of hydrogen-bond acceptors (Lipinski definition) is 1. The van der Waals surface area contributed by atoms with Crippen molar-refractivity contribution in [3.63, 3.8) is 0 Å². The van der Waals surface area contributed by atoms with Gasteiger partial charge in [-0.2, -0.15) is 0 Å². The first kappa shape index (κ1) is 16.4. The molecule has 0 saturated carbocycles. The van der Waals surface area contributed by atoms with Crippen LogP contribution >= 0.6 is 0 Å². The maximum absolute atomic E-state index is 2.98. The van der Waals surface area contributed by atoms with Crippen molar-refractivity contribution in [1.82, 2.24) is 3.90 Å². The minimum atomic E-state index is -1.10. The summed E-state index contributed by atoms with van der Waals surface area (Å²) in [4.78, 5) is 0. The maximum atomic E-state index is 2.98. The van der Waals surface area contributed by atoms with Gasteiger partial charge in [0, 0.05) is 0 Å². The molecule has 0 aliphatic carbocycles. The van der Waals surface area contributed by atoms with Crippen molar-refractivity contribution in [2.45, 2.75) is 66.0 Å². The van der Waals surface area contributed by atoms with Crippen LogP contribution in [0, 0.1) is 0 Å². The second kappa shape index (κ2) is 6.33. The molecule has 0 atom stereocenters. The van der Waals surface area contributed by atoms with Crippen LogP contribution < -0.4 is 0 Å². The molecule has 0 aromatic heterocycles. The van der Waals surface area contributed by atoms with E-state index in [2.05, 4.69) is 62.7 Å². The van der Waals surface area contributed by atoms with Crippen LogP contribution in [0.5, 0.6) is 0 Å². The molecule has 0 saturated heterocycles. The highest BCUT2D eigenvalue weighted by atomic mass is 28.5. The molecule has 0 radical (unpaired) electrons. The smallest absolute Gasteiger partial charge is 0.106 e. The minimum Gasteiger partial charge on any atom is -0.370 e. The second-order valence-corrected chi connectivity index (χ2v) is 19.4. The Labute approximate surface area is 107 Å². The second-order valence-electron chi connectivity index (χ2n) is 6.52. The lowest BCUT2D eigenvalue weighted by atomic mass is 10.2. The predicted octanol–water partition coefficient (Wildman–Crippen LogP) is 3.75. The van der Waals surface area contributed by atoms with Crippen molar-refractivity contribution in [2.24, 2.45) is 0 Å². The standard InChI is InChI=1S/C12H31NSi3/c1-9-12(10-2)11-14-13(15(3,4)5)16(6,7)8/h11H,9-10,14H2,1-8H3. The monoisotopic (exact) mass is 273 g/mol. The zero-order valence-corrected chi connectivity index (χ0v) is 16.1. The van der Waals surface area contributed by atoms with Gasteiger partial charge in [-0.15, -0.1) is 0 Å². The van der Waals surface area contributed by atoms with Gasteiger partial charge in [-0.25, -0.2) is 0 Å². The molecule has 0 aromatic rings. The van der Waals surface area contributed by atoms with E-state index in [0.717, 1.165) is 0 Å². The van der Waals surface area contributed by atoms with Crippen molar-refractivity contribution in [1.29, 1.82) is 0 Å². The molecule has 1 nitrogen and oxygen atoms in total. The van der Waals surface area contributed by atoms with Gasteiger partial charge in [0.2, 0.25) is 0 Å². The highest BCUT2D eigenvalue weighted by Crippen LogP contribution is 2.19. The summed E-state index contributed by atoms with van der Waals surface area (Å²) in [6.07, 6.45) is 2.49. The zero-order chi connectivity index (χ0) is 13.0. The molecule has 0 aliphatic heterocycles. The van der Waals surface area contributed by atoms with Gasteiger partial charge in [-0.3, -0.25) is 0 Å². The number of rotatable bonds is 6. The van der Waals surface area contributed by atoms with Crippen molar-refractivity contribution in [2.75, 3.05) is 0 Å². The van der Waals surface area contributed by atoms with Crippen LogP contribution in [0.25, 0.3) is 0 Å². The normalized spacial score (nSPS) is 13.8. The first-order valence-corrected chi connectivity index (χ1v) is 14.9. The zero-order valence-electron chi connectivity index (χ0n) is 12.6. The van der Waals surface area contributed by atoms with E-state index in [0.29, 0.717) is 0 Å². The molecule has 0 heterocycles. The third-order valence-corrected chi connectivity index (χ3v) is 18.3. The van der Waals surface area contributed by atoms with Gasteiger partial charge in [-0.05, 0) is 12.8 Å². The average molecular weight is 274 g/mol. The SMILES string of the molecule is CCC(=C[SiH2]N([Si](C)(C)C)[Si](C)(C)C)CC. The molecule has 0 aliphatic rings. The van der Waals surface area contributed by atoms with Gasteiger partial charge >= 0.3 is 0 Å². The predicted molar refractivity (Wildman–Crippen MR) is 85.7 cm³/mol. The third kappa shape index (κ3) is 5.61. The Morgan fingerprint density at radius 2 is 1.31 bits per heavy atom. The van der Waals surface area contributed by atoms with E-state index in [1.54, 1.807) is 5.57 Å². The summed E-state index contributed by atoms with van der Waals surface area (Å²) < 4.78 is 2.98. The van der Waals surface area contributed by atoms with E-state index >= 15 is 0 Å². The molecule has 0 rings (SSSR count). The maximum Gasteiger partial charge on any atom is 0.106 e. The molecule has 0 amide bonds. The van der Waals surface area contributed by atoms with E-state index in [1.807, 2.05) is 0 Å². The Morgan fingerprint density at radius 1 is 0.938 bits per heavy atom. The van der Waals surface area contributed by atoms with Crippen LogP contribution in [0.1, 0.15) is 26.7 Å². The molecule has 0 fully saturated rings. The summed E-state index contributed by atoms with van der Waals surface area (Å²) in [7, 11) is -2.36. The van der Waals surface area contributed by atoms with E-state index in [4.69, 9.17) is 0 Å². The summed E-state index contributed by atoms with van der Waals surface area (Å²) in [5.74, 6) is 0. The fourth-order valence-electron chi connectivity index (χ4n) is 2.31. The summed E-state index contributed by atoms with van der Waals surface area (Å²) in [5.41, 5.74) is 4.30. The Balaban J connectivity index is 4.78. The molecule has 0 spiro atoms. The van der Waals surface area contributed by atoms with Crippen molar-refractivity contribution in [3.05, 3.63) is 11.3 Å². The van der Waals surface area contributed by atoms with Gasteiger partial charge in [0.05, 0.1) is 0 Å². The summed E-state index contributed by atoms with van der Waals surface area (Å²) in [5, 5.41) is 0. The quantitative estimate of drug-likeness (QED) is 0.666. The fourth-order valence-corrected chi connectivity index (χ4v) is 16.3. The van der Waals surface area contributed by atoms with Crippen LogP contribution in [0.4, 0.5) is 0 Å². The van der Waals surface area contributed by atoms with Crippen molar-refractivity contribution < 1.29 is 0 Å². The van der Waals surface area contributed by atoms with Crippen LogP contribution in [0.3, 0.4) is 0 Å². The summed E-state index contributed by atoms with van der Waals surface area (Å²) in [6.45, 7) is 19.6. The average Bonchev–Trinajstić information content (AvgIpc) is 2.08. The summed E-state index contributed by atoms with van der Waals surface area (Å²) in [6, 6.07) is 0. The van der Waals surface area contributed by atoms with Gasteiger partial charge in [0.1, 0.15) is 26.2 Å². The van der Waals surface area contributed by atoms with E-state index in [-0.39, 0.29) is 9.68 Å². The summed E-state index contributed by atoms with van der Waals surface area (Å²) >= 11 is 0. The Hall–Kier alpha value is 0.351. The molecule has 0 unspecified atom stereocenters. The van der Waals surface area contributed by atoms with Gasteiger partial charge < -0.3 is 3.90 Å². The third-order valence-electron chi connectivity index (χ3n) is 3.09. The molecule has 4 heteroatoms. The Bertz CT molecular complexity index is 216. The number of allylic oxidation sites excluding steroid dienone is 1. The first-order chi connectivity index (χ1) is 7.12. The number of nitrogens with zero attached hydrogens (tertiary/aromatic N) is 1. The van der Waals surface area contributed by atoms with Gasteiger partial charge in [0.25, 0.3) is 0 Å². The molecule has 16 heavy (non-hydrogen) atoms. The highest BCUT2D eigenvalue weighted by Gasteiger charge is 2.32.